The average Bonchev–Trinajstić information content (AvgIpc) is 2.77. The summed E-state index contributed by atoms with van der Waals surface area (Å²) in [7, 11) is -3.84. The maximum absolute atomic E-state index is 13.4. The van der Waals surface area contributed by atoms with Gasteiger partial charge in [-0.15, -0.1) is 0 Å². The van der Waals surface area contributed by atoms with E-state index >= 15 is 0 Å². The van der Waals surface area contributed by atoms with Gasteiger partial charge in [-0.2, -0.15) is 0 Å². The van der Waals surface area contributed by atoms with E-state index in [-0.39, 0.29) is 28.2 Å². The highest BCUT2D eigenvalue weighted by Crippen LogP contribution is 2.28. The molecule has 0 radical (unpaired) electrons. The third-order valence-electron chi connectivity index (χ3n) is 5.13. The Morgan fingerprint density at radius 3 is 2.29 bits per heavy atom. The molecule has 34 heavy (non-hydrogen) atoms. The first-order chi connectivity index (χ1) is 15.9. The predicted molar refractivity (Wildman–Crippen MR) is 141 cm³/mol. The molecule has 1 atom stereocenters. The molecule has 0 aliphatic rings. The highest BCUT2D eigenvalue weighted by molar-refractivity contribution is 9.10. The van der Waals surface area contributed by atoms with Crippen molar-refractivity contribution in [2.45, 2.75) is 39.3 Å². The van der Waals surface area contributed by atoms with Crippen molar-refractivity contribution >= 4 is 66.7 Å². The number of unbranched alkanes of at least 4 members (excludes halogenated alkanes) is 1. The quantitative estimate of drug-likeness (QED) is 0.378. The molecule has 0 aromatic heterocycles. The molecular weight excluding hydrogens is 565 g/mol. The Morgan fingerprint density at radius 2 is 1.74 bits per heavy atom. The van der Waals surface area contributed by atoms with E-state index in [1.807, 2.05) is 31.2 Å². The highest BCUT2D eigenvalue weighted by Gasteiger charge is 2.30. The van der Waals surface area contributed by atoms with Crippen LogP contribution >= 0.6 is 39.1 Å². The smallest absolute Gasteiger partial charge is 0.244 e. The van der Waals surface area contributed by atoms with Gasteiger partial charge in [0, 0.05) is 17.6 Å². The second-order valence-electron chi connectivity index (χ2n) is 7.84. The van der Waals surface area contributed by atoms with Gasteiger partial charge in [0.2, 0.25) is 21.8 Å². The third-order valence-corrected chi connectivity index (χ3v) is 7.54. The number of carbonyl (C=O) groups is 2. The summed E-state index contributed by atoms with van der Waals surface area (Å²) in [4.78, 5) is 27.6. The topological polar surface area (TPSA) is 86.8 Å². The molecule has 0 aliphatic carbocycles. The first kappa shape index (κ1) is 28.4. The molecule has 2 aromatic carbocycles. The van der Waals surface area contributed by atoms with Gasteiger partial charge in [-0.25, -0.2) is 8.42 Å². The van der Waals surface area contributed by atoms with Crippen LogP contribution in [-0.4, -0.2) is 50.5 Å². The fourth-order valence-corrected chi connectivity index (χ4v) is 4.56. The van der Waals surface area contributed by atoms with E-state index in [2.05, 4.69) is 21.2 Å². The van der Waals surface area contributed by atoms with Crippen LogP contribution in [0.5, 0.6) is 0 Å². The van der Waals surface area contributed by atoms with Crippen LogP contribution < -0.4 is 9.62 Å². The number of benzene rings is 2. The van der Waals surface area contributed by atoms with Crippen molar-refractivity contribution in [2.75, 3.05) is 23.7 Å². The van der Waals surface area contributed by atoms with Gasteiger partial charge in [0.1, 0.15) is 12.6 Å². The van der Waals surface area contributed by atoms with Crippen molar-refractivity contribution in [1.29, 1.82) is 0 Å². The first-order valence-electron chi connectivity index (χ1n) is 10.7. The van der Waals surface area contributed by atoms with E-state index in [1.165, 1.54) is 23.1 Å². The molecule has 2 amide bonds. The van der Waals surface area contributed by atoms with Crippen LogP contribution in [0, 0.1) is 0 Å². The van der Waals surface area contributed by atoms with Crippen molar-refractivity contribution in [3.8, 4) is 0 Å². The maximum atomic E-state index is 13.4. The number of amides is 2. The van der Waals surface area contributed by atoms with Crippen molar-refractivity contribution in [3.63, 3.8) is 0 Å². The lowest BCUT2D eigenvalue weighted by Gasteiger charge is -2.31. The number of halogens is 3. The van der Waals surface area contributed by atoms with Gasteiger partial charge in [-0.05, 0) is 49.2 Å². The number of nitrogens with zero attached hydrogens (tertiary/aromatic N) is 2. The molecule has 11 heteroatoms. The lowest BCUT2D eigenvalue weighted by atomic mass is 10.1. The number of rotatable bonds is 11. The lowest BCUT2D eigenvalue weighted by molar-refractivity contribution is -0.139. The summed E-state index contributed by atoms with van der Waals surface area (Å²) in [6.07, 6.45) is 2.74. The lowest BCUT2D eigenvalue weighted by Crippen LogP contribution is -2.51. The van der Waals surface area contributed by atoms with Crippen LogP contribution in [0.1, 0.15) is 32.3 Å². The molecule has 7 nitrogen and oxygen atoms in total. The van der Waals surface area contributed by atoms with Crippen molar-refractivity contribution in [1.82, 2.24) is 10.2 Å². The molecule has 0 unspecified atom stereocenters. The van der Waals surface area contributed by atoms with E-state index in [9.17, 15) is 18.0 Å². The number of nitrogens with one attached hydrogen (secondary N) is 1. The van der Waals surface area contributed by atoms with Crippen molar-refractivity contribution in [3.05, 3.63) is 62.5 Å². The van der Waals surface area contributed by atoms with Gasteiger partial charge in [0.05, 0.1) is 22.0 Å². The Labute approximate surface area is 219 Å². The van der Waals surface area contributed by atoms with Crippen LogP contribution in [0.3, 0.4) is 0 Å². The summed E-state index contributed by atoms with van der Waals surface area (Å²) >= 11 is 15.4. The molecule has 1 N–H and O–H groups in total. The van der Waals surface area contributed by atoms with E-state index in [4.69, 9.17) is 23.2 Å². The number of hydrogen-bond acceptors (Lipinski definition) is 4. The van der Waals surface area contributed by atoms with E-state index in [1.54, 1.807) is 6.92 Å². The van der Waals surface area contributed by atoms with Crippen LogP contribution in [0.2, 0.25) is 10.0 Å². The van der Waals surface area contributed by atoms with Crippen molar-refractivity contribution in [2.24, 2.45) is 0 Å². The molecule has 2 aromatic rings. The summed E-state index contributed by atoms with van der Waals surface area (Å²) in [6.45, 7) is 3.77. The van der Waals surface area contributed by atoms with Gasteiger partial charge in [-0.1, -0.05) is 64.6 Å². The Bertz CT molecular complexity index is 1110. The third kappa shape index (κ3) is 8.15. The molecule has 0 spiro atoms. The zero-order valence-corrected chi connectivity index (χ0v) is 23.1. The van der Waals surface area contributed by atoms with Crippen LogP contribution in [0.4, 0.5) is 5.69 Å². The van der Waals surface area contributed by atoms with E-state index in [0.29, 0.717) is 6.54 Å². The summed E-state index contributed by atoms with van der Waals surface area (Å²) in [5.74, 6) is -0.836. The molecule has 0 aliphatic heterocycles. The summed E-state index contributed by atoms with van der Waals surface area (Å²) in [5, 5.41) is 3.26. The van der Waals surface area contributed by atoms with Gasteiger partial charge in [0.25, 0.3) is 0 Å². The van der Waals surface area contributed by atoms with Gasteiger partial charge >= 0.3 is 0 Å². The average molecular weight is 593 g/mol. The predicted octanol–water partition coefficient (Wildman–Crippen LogP) is 4.86. The SMILES string of the molecule is CCCCNC(=O)[C@H](C)N(Cc1ccc(Br)cc1)C(=O)CN(c1ccc(Cl)c(Cl)c1)S(C)(=O)=O. The minimum Gasteiger partial charge on any atom is -0.354 e. The normalized spacial score (nSPS) is 12.2. The minimum atomic E-state index is -3.84. The molecule has 186 valence electrons. The van der Waals surface area contributed by atoms with E-state index < -0.39 is 28.5 Å². The molecule has 0 heterocycles. The summed E-state index contributed by atoms with van der Waals surface area (Å²) in [6, 6.07) is 10.8. The highest BCUT2D eigenvalue weighted by atomic mass is 79.9. The summed E-state index contributed by atoms with van der Waals surface area (Å²) < 4.78 is 26.9. The number of sulfonamides is 1. The van der Waals surface area contributed by atoms with Gasteiger partial charge in [0.15, 0.2) is 0 Å². The van der Waals surface area contributed by atoms with Gasteiger partial charge in [-0.3, -0.25) is 13.9 Å². The zero-order chi connectivity index (χ0) is 25.5. The minimum absolute atomic E-state index is 0.132. The number of hydrogen-bond donors (Lipinski definition) is 1. The molecule has 0 fully saturated rings. The molecule has 0 saturated carbocycles. The fraction of sp³-hybridized carbons (Fsp3) is 0.391. The van der Waals surface area contributed by atoms with Crippen LogP contribution in [0.15, 0.2) is 46.9 Å². The Balaban J connectivity index is 2.35. The molecular formula is C23H28BrCl2N3O4S. The largest absolute Gasteiger partial charge is 0.354 e. The maximum Gasteiger partial charge on any atom is 0.244 e. The monoisotopic (exact) mass is 591 g/mol. The Morgan fingerprint density at radius 1 is 1.09 bits per heavy atom. The van der Waals surface area contributed by atoms with Crippen LogP contribution in [-0.2, 0) is 26.2 Å². The zero-order valence-electron chi connectivity index (χ0n) is 19.2. The van der Waals surface area contributed by atoms with Crippen molar-refractivity contribution < 1.29 is 18.0 Å². The molecule has 0 bridgehead atoms. The van der Waals surface area contributed by atoms with Gasteiger partial charge < -0.3 is 10.2 Å². The van der Waals surface area contributed by atoms with E-state index in [0.717, 1.165) is 33.4 Å². The second-order valence-corrected chi connectivity index (χ2v) is 11.5. The Kier molecular flexibility index (Phi) is 10.7. The van der Waals surface area contributed by atoms with Crippen LogP contribution in [0.25, 0.3) is 0 Å². The first-order valence-corrected chi connectivity index (χ1v) is 14.1. The number of anilines is 1. The fourth-order valence-electron chi connectivity index (χ4n) is 3.16. The summed E-state index contributed by atoms with van der Waals surface area (Å²) in [5.41, 5.74) is 0.999. The molecule has 2 rings (SSSR count). The second kappa shape index (κ2) is 12.8. The standard InChI is InChI=1S/C23H28BrCl2N3O4S/c1-4-5-12-27-23(31)16(2)28(14-17-6-8-18(24)9-7-17)22(30)15-29(34(3,32)33)19-10-11-20(25)21(26)13-19/h6-11,13,16H,4-5,12,14-15H2,1-3H3,(H,27,31)/t16-/m0/s1. The number of carbonyl (C=O) groups excluding carboxylic acids is 2. The molecule has 0 saturated heterocycles. The Hall–Kier alpha value is -1.81.